The van der Waals surface area contributed by atoms with Gasteiger partial charge < -0.3 is 10.8 Å². The first-order valence-electron chi connectivity index (χ1n) is 5.51. The Bertz CT molecular complexity index is 485. The summed E-state index contributed by atoms with van der Waals surface area (Å²) in [6.45, 7) is 3.69. The van der Waals surface area contributed by atoms with Crippen LogP contribution in [0.15, 0.2) is 18.2 Å². The van der Waals surface area contributed by atoms with E-state index in [1.165, 1.54) is 12.1 Å². The van der Waals surface area contributed by atoms with Crippen LogP contribution in [-0.2, 0) is 5.92 Å². The molecule has 18 heavy (non-hydrogen) atoms. The maximum absolute atomic E-state index is 14.0. The van der Waals surface area contributed by atoms with Crippen molar-refractivity contribution in [2.45, 2.75) is 38.3 Å². The van der Waals surface area contributed by atoms with Crippen molar-refractivity contribution in [1.29, 1.82) is 5.26 Å². The molecular formula is C13H16F2N2O. The molecule has 98 valence electrons. The molecule has 0 aliphatic rings. The Hall–Kier alpha value is -1.51. The highest BCUT2D eigenvalue weighted by Crippen LogP contribution is 2.39. The predicted octanol–water partition coefficient (Wildman–Crippen LogP) is 2.44. The standard InChI is InChI=1S/C13H16F2N2O/c1-8(17)10-4-9(7-16)5-11(6-10)13(14,15)12(2,3)18/h4-6,8,18H,17H2,1-3H3. The summed E-state index contributed by atoms with van der Waals surface area (Å²) in [4.78, 5) is 0. The third kappa shape index (κ3) is 2.66. The number of nitriles is 1. The van der Waals surface area contributed by atoms with Crippen LogP contribution in [-0.4, -0.2) is 10.7 Å². The van der Waals surface area contributed by atoms with E-state index < -0.39 is 23.1 Å². The lowest BCUT2D eigenvalue weighted by Gasteiger charge is -2.29. The Morgan fingerprint density at radius 3 is 2.28 bits per heavy atom. The van der Waals surface area contributed by atoms with Crippen molar-refractivity contribution in [2.75, 3.05) is 0 Å². The zero-order valence-corrected chi connectivity index (χ0v) is 10.5. The van der Waals surface area contributed by atoms with Crippen LogP contribution in [0.4, 0.5) is 8.78 Å². The molecule has 0 aromatic heterocycles. The van der Waals surface area contributed by atoms with Crippen molar-refractivity contribution in [3.63, 3.8) is 0 Å². The van der Waals surface area contributed by atoms with Crippen molar-refractivity contribution in [3.8, 4) is 6.07 Å². The molecule has 0 heterocycles. The lowest BCUT2D eigenvalue weighted by atomic mass is 9.90. The molecule has 3 N–H and O–H groups in total. The van der Waals surface area contributed by atoms with Crippen LogP contribution >= 0.6 is 0 Å². The molecule has 0 saturated heterocycles. The number of aliphatic hydroxyl groups is 1. The van der Waals surface area contributed by atoms with Gasteiger partial charge in [0.15, 0.2) is 0 Å². The molecule has 0 aliphatic heterocycles. The van der Waals surface area contributed by atoms with Crippen molar-refractivity contribution >= 4 is 0 Å². The van der Waals surface area contributed by atoms with Gasteiger partial charge >= 0.3 is 5.92 Å². The molecule has 1 atom stereocenters. The average Bonchev–Trinajstić information content (AvgIpc) is 2.26. The van der Waals surface area contributed by atoms with Gasteiger partial charge in [-0.1, -0.05) is 0 Å². The number of nitrogens with zero attached hydrogens (tertiary/aromatic N) is 1. The van der Waals surface area contributed by atoms with E-state index in [1.807, 2.05) is 6.07 Å². The van der Waals surface area contributed by atoms with E-state index in [0.717, 1.165) is 19.9 Å². The van der Waals surface area contributed by atoms with Crippen molar-refractivity contribution < 1.29 is 13.9 Å². The molecule has 0 radical (unpaired) electrons. The second-order valence-electron chi connectivity index (χ2n) is 4.88. The second-order valence-corrected chi connectivity index (χ2v) is 4.88. The minimum absolute atomic E-state index is 0.101. The van der Waals surface area contributed by atoms with E-state index in [-0.39, 0.29) is 5.56 Å². The summed E-state index contributed by atoms with van der Waals surface area (Å²) in [5.41, 5.74) is 3.57. The maximum atomic E-state index is 14.0. The zero-order chi connectivity index (χ0) is 14.1. The molecule has 1 unspecified atom stereocenters. The summed E-state index contributed by atoms with van der Waals surface area (Å²) < 4.78 is 28.0. The Morgan fingerprint density at radius 2 is 1.89 bits per heavy atom. The van der Waals surface area contributed by atoms with Crippen molar-refractivity contribution in [2.24, 2.45) is 5.73 Å². The molecule has 1 rings (SSSR count). The number of alkyl halides is 2. The fourth-order valence-corrected chi connectivity index (χ4v) is 1.51. The molecule has 0 bridgehead atoms. The molecule has 0 fully saturated rings. The minimum Gasteiger partial charge on any atom is -0.384 e. The summed E-state index contributed by atoms with van der Waals surface area (Å²) in [6, 6.07) is 5.12. The highest BCUT2D eigenvalue weighted by Gasteiger charge is 2.47. The van der Waals surface area contributed by atoms with Crippen molar-refractivity contribution in [1.82, 2.24) is 0 Å². The van der Waals surface area contributed by atoms with E-state index >= 15 is 0 Å². The van der Waals surface area contributed by atoms with Gasteiger partial charge in [-0.05, 0) is 44.5 Å². The fourth-order valence-electron chi connectivity index (χ4n) is 1.51. The largest absolute Gasteiger partial charge is 0.384 e. The summed E-state index contributed by atoms with van der Waals surface area (Å²) in [5.74, 6) is -3.45. The molecule has 0 saturated carbocycles. The highest BCUT2D eigenvalue weighted by molar-refractivity contribution is 5.41. The van der Waals surface area contributed by atoms with Crippen LogP contribution < -0.4 is 5.73 Å². The molecule has 1 aromatic rings. The average molecular weight is 254 g/mol. The molecule has 0 spiro atoms. The van der Waals surface area contributed by atoms with Crippen LogP contribution in [0, 0.1) is 11.3 Å². The van der Waals surface area contributed by atoms with Gasteiger partial charge in [0.2, 0.25) is 0 Å². The smallest absolute Gasteiger partial charge is 0.300 e. The van der Waals surface area contributed by atoms with Crippen LogP contribution in [0.25, 0.3) is 0 Å². The minimum atomic E-state index is -3.45. The van der Waals surface area contributed by atoms with E-state index in [4.69, 9.17) is 11.0 Å². The Morgan fingerprint density at radius 1 is 1.33 bits per heavy atom. The maximum Gasteiger partial charge on any atom is 0.300 e. The Balaban J connectivity index is 3.42. The number of halogens is 2. The monoisotopic (exact) mass is 254 g/mol. The van der Waals surface area contributed by atoms with Gasteiger partial charge in [0, 0.05) is 11.6 Å². The Kier molecular flexibility index (Phi) is 3.75. The SMILES string of the molecule is CC(N)c1cc(C#N)cc(C(F)(F)C(C)(C)O)c1. The summed E-state index contributed by atoms with van der Waals surface area (Å²) in [7, 11) is 0. The van der Waals surface area contributed by atoms with Gasteiger partial charge in [-0.3, -0.25) is 0 Å². The number of hydrogen-bond acceptors (Lipinski definition) is 3. The summed E-state index contributed by atoms with van der Waals surface area (Å²) in [5, 5.41) is 18.4. The van der Waals surface area contributed by atoms with Gasteiger partial charge in [0.25, 0.3) is 0 Å². The predicted molar refractivity (Wildman–Crippen MR) is 64.0 cm³/mol. The van der Waals surface area contributed by atoms with E-state index in [9.17, 15) is 13.9 Å². The first-order valence-corrected chi connectivity index (χ1v) is 5.51. The highest BCUT2D eigenvalue weighted by atomic mass is 19.3. The molecule has 5 heteroatoms. The van der Waals surface area contributed by atoms with Gasteiger partial charge in [-0.15, -0.1) is 0 Å². The molecule has 1 aromatic carbocycles. The second kappa shape index (κ2) is 4.63. The topological polar surface area (TPSA) is 70.0 Å². The zero-order valence-electron chi connectivity index (χ0n) is 10.5. The van der Waals surface area contributed by atoms with E-state index in [0.29, 0.717) is 5.56 Å². The van der Waals surface area contributed by atoms with E-state index in [1.54, 1.807) is 6.92 Å². The van der Waals surface area contributed by atoms with Gasteiger partial charge in [-0.25, -0.2) is 0 Å². The van der Waals surface area contributed by atoms with Crippen LogP contribution in [0.3, 0.4) is 0 Å². The third-order valence-corrected chi connectivity index (χ3v) is 2.74. The van der Waals surface area contributed by atoms with Gasteiger partial charge in [-0.2, -0.15) is 14.0 Å². The first-order chi connectivity index (χ1) is 8.09. The molecule has 3 nitrogen and oxygen atoms in total. The quantitative estimate of drug-likeness (QED) is 0.870. The third-order valence-electron chi connectivity index (χ3n) is 2.74. The molecule has 0 aliphatic carbocycles. The van der Waals surface area contributed by atoms with Crippen LogP contribution in [0.1, 0.15) is 43.5 Å². The van der Waals surface area contributed by atoms with Gasteiger partial charge in [0.1, 0.15) is 5.60 Å². The van der Waals surface area contributed by atoms with Gasteiger partial charge in [0.05, 0.1) is 11.6 Å². The van der Waals surface area contributed by atoms with Crippen LogP contribution in [0.2, 0.25) is 0 Å². The number of hydrogen-bond donors (Lipinski definition) is 2. The lowest BCUT2D eigenvalue weighted by molar-refractivity contribution is -0.168. The summed E-state index contributed by atoms with van der Waals surface area (Å²) in [6.07, 6.45) is 0. The number of nitrogens with two attached hydrogens (primary N) is 1. The number of benzene rings is 1. The Labute approximate surface area is 105 Å². The summed E-state index contributed by atoms with van der Waals surface area (Å²) >= 11 is 0. The van der Waals surface area contributed by atoms with Crippen LogP contribution in [0.5, 0.6) is 0 Å². The first kappa shape index (κ1) is 14.6. The van der Waals surface area contributed by atoms with Crippen molar-refractivity contribution in [3.05, 3.63) is 34.9 Å². The molecule has 0 amide bonds. The fraction of sp³-hybridized carbons (Fsp3) is 0.462. The number of rotatable bonds is 3. The molecular weight excluding hydrogens is 238 g/mol. The lowest BCUT2D eigenvalue weighted by Crippen LogP contribution is -2.40. The van der Waals surface area contributed by atoms with E-state index in [2.05, 4.69) is 0 Å². The normalized spacial score (nSPS) is 14.1.